The summed E-state index contributed by atoms with van der Waals surface area (Å²) >= 11 is 1.42. The molecular formula is C25H26FN3O2S. The molecule has 1 aliphatic carbocycles. The fraction of sp³-hybridized carbons (Fsp3) is 0.280. The molecule has 32 heavy (non-hydrogen) atoms. The van der Waals surface area contributed by atoms with Gasteiger partial charge in [0, 0.05) is 30.3 Å². The van der Waals surface area contributed by atoms with Gasteiger partial charge in [0.1, 0.15) is 10.8 Å². The summed E-state index contributed by atoms with van der Waals surface area (Å²) in [5.41, 5.74) is 3.13. The Morgan fingerprint density at radius 2 is 1.75 bits per heavy atom. The van der Waals surface area contributed by atoms with Gasteiger partial charge in [0.25, 0.3) is 11.8 Å². The average Bonchev–Trinajstić information content (AvgIpc) is 3.11. The minimum absolute atomic E-state index is 0.0436. The zero-order valence-electron chi connectivity index (χ0n) is 18.4. The Morgan fingerprint density at radius 1 is 1.03 bits per heavy atom. The van der Waals surface area contributed by atoms with Crippen molar-refractivity contribution in [3.8, 4) is 0 Å². The van der Waals surface area contributed by atoms with Gasteiger partial charge in [-0.1, -0.05) is 19.1 Å². The summed E-state index contributed by atoms with van der Waals surface area (Å²) in [6.45, 7) is 2.19. The number of anilines is 3. The molecule has 166 valence electrons. The van der Waals surface area contributed by atoms with Gasteiger partial charge in [0.15, 0.2) is 0 Å². The van der Waals surface area contributed by atoms with Gasteiger partial charge in [0.05, 0.1) is 11.1 Å². The molecule has 0 fully saturated rings. The molecule has 0 saturated carbocycles. The molecule has 0 unspecified atom stereocenters. The van der Waals surface area contributed by atoms with E-state index in [9.17, 15) is 14.0 Å². The maximum atomic E-state index is 14.1. The van der Waals surface area contributed by atoms with E-state index >= 15 is 0 Å². The molecular weight excluding hydrogens is 425 g/mol. The van der Waals surface area contributed by atoms with Gasteiger partial charge in [-0.15, -0.1) is 11.3 Å². The lowest BCUT2D eigenvalue weighted by molar-refractivity contribution is 0.102. The van der Waals surface area contributed by atoms with Crippen LogP contribution in [0.25, 0.3) is 0 Å². The normalized spacial score (nSPS) is 15.1. The van der Waals surface area contributed by atoms with Gasteiger partial charge in [0.2, 0.25) is 0 Å². The zero-order chi connectivity index (χ0) is 22.8. The molecule has 0 bridgehead atoms. The first-order chi connectivity index (χ1) is 15.3. The highest BCUT2D eigenvalue weighted by atomic mass is 32.1. The number of hydrogen-bond donors (Lipinski definition) is 2. The van der Waals surface area contributed by atoms with Gasteiger partial charge < -0.3 is 15.5 Å². The third kappa shape index (κ3) is 4.53. The van der Waals surface area contributed by atoms with Crippen LogP contribution in [0.2, 0.25) is 0 Å². The van der Waals surface area contributed by atoms with Crippen LogP contribution in [0.5, 0.6) is 0 Å². The van der Waals surface area contributed by atoms with E-state index < -0.39 is 11.7 Å². The topological polar surface area (TPSA) is 61.4 Å². The third-order valence-corrected chi connectivity index (χ3v) is 6.90. The van der Waals surface area contributed by atoms with E-state index in [4.69, 9.17) is 0 Å². The van der Waals surface area contributed by atoms with Crippen LogP contribution in [0.15, 0.2) is 48.5 Å². The van der Waals surface area contributed by atoms with E-state index in [0.717, 1.165) is 35.4 Å². The maximum Gasteiger partial charge on any atom is 0.259 e. The van der Waals surface area contributed by atoms with Crippen molar-refractivity contribution in [3.05, 3.63) is 75.9 Å². The number of hydrogen-bond acceptors (Lipinski definition) is 4. The fourth-order valence-electron chi connectivity index (χ4n) is 3.93. The molecule has 2 amide bonds. The summed E-state index contributed by atoms with van der Waals surface area (Å²) in [5.74, 6) is -0.893. The molecule has 4 rings (SSSR count). The smallest absolute Gasteiger partial charge is 0.259 e. The summed E-state index contributed by atoms with van der Waals surface area (Å²) in [7, 11) is 3.91. The molecule has 1 atom stereocenters. The molecule has 1 heterocycles. The van der Waals surface area contributed by atoms with Crippen LogP contribution in [-0.4, -0.2) is 25.9 Å². The van der Waals surface area contributed by atoms with E-state index in [1.807, 2.05) is 43.3 Å². The highest BCUT2D eigenvalue weighted by molar-refractivity contribution is 7.17. The second kappa shape index (κ2) is 9.12. The minimum Gasteiger partial charge on any atom is -0.378 e. The van der Waals surface area contributed by atoms with Gasteiger partial charge >= 0.3 is 0 Å². The standard InChI is InChI=1S/C25H26FN3O2S/c1-15-8-13-19-21(14-15)32-25(28-23(30)18-6-4-5-7-20(18)26)22(19)24(31)27-16-9-11-17(12-10-16)29(2)3/h4-7,9-12,15H,8,13-14H2,1-3H3,(H,27,31)(H,28,30)/t15-/m1/s1. The Balaban J connectivity index is 1.64. The molecule has 1 aromatic heterocycles. The first kappa shape index (κ1) is 22.0. The number of benzene rings is 2. The van der Waals surface area contributed by atoms with E-state index in [2.05, 4.69) is 17.6 Å². The fourth-order valence-corrected chi connectivity index (χ4v) is 5.33. The van der Waals surface area contributed by atoms with Crippen LogP contribution in [0.4, 0.5) is 20.8 Å². The van der Waals surface area contributed by atoms with Crippen molar-refractivity contribution in [1.82, 2.24) is 0 Å². The van der Waals surface area contributed by atoms with Crippen molar-refractivity contribution < 1.29 is 14.0 Å². The number of thiophene rings is 1. The summed E-state index contributed by atoms with van der Waals surface area (Å²) in [6.07, 6.45) is 2.64. The Morgan fingerprint density at radius 3 is 2.44 bits per heavy atom. The van der Waals surface area contributed by atoms with Crippen molar-refractivity contribution in [1.29, 1.82) is 0 Å². The Kier molecular flexibility index (Phi) is 6.28. The number of nitrogens with zero attached hydrogens (tertiary/aromatic N) is 1. The van der Waals surface area contributed by atoms with Crippen molar-refractivity contribution in [3.63, 3.8) is 0 Å². The van der Waals surface area contributed by atoms with Crippen molar-refractivity contribution in [2.45, 2.75) is 26.2 Å². The zero-order valence-corrected chi connectivity index (χ0v) is 19.2. The average molecular weight is 452 g/mol. The van der Waals surface area contributed by atoms with E-state index in [1.54, 1.807) is 6.07 Å². The molecule has 7 heteroatoms. The first-order valence-corrected chi connectivity index (χ1v) is 11.4. The molecule has 2 N–H and O–H groups in total. The lowest BCUT2D eigenvalue weighted by Gasteiger charge is -2.19. The second-order valence-corrected chi connectivity index (χ2v) is 9.49. The largest absolute Gasteiger partial charge is 0.378 e. The first-order valence-electron chi connectivity index (χ1n) is 10.6. The van der Waals surface area contributed by atoms with Crippen LogP contribution in [0.3, 0.4) is 0 Å². The molecule has 5 nitrogen and oxygen atoms in total. The summed E-state index contributed by atoms with van der Waals surface area (Å²) in [6, 6.07) is 13.4. The van der Waals surface area contributed by atoms with Gasteiger partial charge in [-0.05, 0) is 67.1 Å². The van der Waals surface area contributed by atoms with Crippen molar-refractivity contribution in [2.24, 2.45) is 5.92 Å². The minimum atomic E-state index is -0.591. The third-order valence-electron chi connectivity index (χ3n) is 5.73. The van der Waals surface area contributed by atoms with Crippen LogP contribution >= 0.6 is 11.3 Å². The Hall–Kier alpha value is -3.19. The molecule has 0 aliphatic heterocycles. The van der Waals surface area contributed by atoms with Crippen LogP contribution in [-0.2, 0) is 12.8 Å². The molecule has 1 aliphatic rings. The van der Waals surface area contributed by atoms with E-state index in [1.165, 1.54) is 29.5 Å². The van der Waals surface area contributed by atoms with Crippen LogP contribution < -0.4 is 15.5 Å². The molecule has 0 radical (unpaired) electrons. The summed E-state index contributed by atoms with van der Waals surface area (Å²) in [4.78, 5) is 29.2. The summed E-state index contributed by atoms with van der Waals surface area (Å²) < 4.78 is 14.1. The lowest BCUT2D eigenvalue weighted by Crippen LogP contribution is -2.20. The van der Waals surface area contributed by atoms with Crippen molar-refractivity contribution >= 4 is 39.5 Å². The quantitative estimate of drug-likeness (QED) is 0.532. The van der Waals surface area contributed by atoms with E-state index in [-0.39, 0.29) is 11.5 Å². The molecule has 2 aromatic carbocycles. The number of carbonyl (C=O) groups excluding carboxylic acids is 2. The molecule has 3 aromatic rings. The SMILES string of the molecule is C[C@@H]1CCc2c(sc(NC(=O)c3ccccc3F)c2C(=O)Nc2ccc(N(C)C)cc2)C1. The number of amides is 2. The van der Waals surface area contributed by atoms with Gasteiger partial charge in [-0.25, -0.2) is 4.39 Å². The highest BCUT2D eigenvalue weighted by Gasteiger charge is 2.29. The highest BCUT2D eigenvalue weighted by Crippen LogP contribution is 2.40. The summed E-state index contributed by atoms with van der Waals surface area (Å²) in [5, 5.41) is 6.23. The number of rotatable bonds is 5. The predicted octanol–water partition coefficient (Wildman–Crippen LogP) is 5.58. The number of nitrogens with one attached hydrogen (secondary N) is 2. The van der Waals surface area contributed by atoms with E-state index in [0.29, 0.717) is 22.2 Å². The second-order valence-electron chi connectivity index (χ2n) is 8.39. The van der Waals surface area contributed by atoms with Gasteiger partial charge in [-0.2, -0.15) is 0 Å². The number of halogens is 1. The monoisotopic (exact) mass is 451 g/mol. The van der Waals surface area contributed by atoms with Crippen LogP contribution in [0, 0.1) is 11.7 Å². The Bertz CT molecular complexity index is 1150. The Labute approximate surface area is 191 Å². The maximum absolute atomic E-state index is 14.1. The number of carbonyl (C=O) groups is 2. The van der Waals surface area contributed by atoms with Crippen molar-refractivity contribution in [2.75, 3.05) is 29.6 Å². The molecule has 0 spiro atoms. The molecule has 0 saturated heterocycles. The lowest BCUT2D eigenvalue weighted by atomic mass is 9.88. The van der Waals surface area contributed by atoms with Gasteiger partial charge in [-0.3, -0.25) is 9.59 Å². The van der Waals surface area contributed by atoms with Crippen LogP contribution in [0.1, 0.15) is 44.5 Å². The predicted molar refractivity (Wildman–Crippen MR) is 129 cm³/mol. The number of fused-ring (bicyclic) bond motifs is 1.